The number of hydrogen-bond donors (Lipinski definition) is 0. The molecule has 4 atom stereocenters. The lowest BCUT2D eigenvalue weighted by atomic mass is 10.1. The van der Waals surface area contributed by atoms with Crippen LogP contribution in [0.2, 0.25) is 54.4 Å². The molecule has 0 radical (unpaired) electrons. The van der Waals surface area contributed by atoms with Crippen LogP contribution in [0.3, 0.4) is 0 Å². The van der Waals surface area contributed by atoms with Crippen LogP contribution < -0.4 is 5.69 Å². The van der Waals surface area contributed by atoms with E-state index in [0.717, 1.165) is 0 Å². The zero-order valence-corrected chi connectivity index (χ0v) is 32.5. The molecule has 0 spiro atoms. The van der Waals surface area contributed by atoms with Gasteiger partial charge in [-0.1, -0.05) is 62.3 Å². The van der Waals surface area contributed by atoms with Crippen molar-refractivity contribution < 1.29 is 18.0 Å². The maximum absolute atomic E-state index is 13.7. The Kier molecular flexibility index (Phi) is 9.93. The molecule has 0 aromatic carbocycles. The highest BCUT2D eigenvalue weighted by atomic mass is 28.4. The molecular formula is C30H54N6O5Si3. The fourth-order valence-electron chi connectivity index (χ4n) is 4.05. The Morgan fingerprint density at radius 3 is 1.93 bits per heavy atom. The van der Waals surface area contributed by atoms with E-state index in [1.165, 1.54) is 21.9 Å². The van der Waals surface area contributed by atoms with Crippen LogP contribution in [0.15, 0.2) is 29.7 Å². The van der Waals surface area contributed by atoms with Gasteiger partial charge in [0.05, 0.1) is 0 Å². The van der Waals surface area contributed by atoms with E-state index in [0.29, 0.717) is 5.82 Å². The van der Waals surface area contributed by atoms with E-state index in [-0.39, 0.29) is 21.7 Å². The normalized spacial score (nSPS) is 24.0. The van der Waals surface area contributed by atoms with Crippen LogP contribution in [0.25, 0.3) is 10.7 Å². The third-order valence-corrected chi connectivity index (χ3v) is 23.6. The summed E-state index contributed by atoms with van der Waals surface area (Å²) in [6.45, 7) is 41.0. The molecule has 2 aromatic heterocycles. The van der Waals surface area contributed by atoms with Gasteiger partial charge < -0.3 is 13.3 Å². The average Bonchev–Trinajstić information content (AvgIpc) is 3.49. The van der Waals surface area contributed by atoms with Crippen molar-refractivity contribution in [3.63, 3.8) is 0 Å². The van der Waals surface area contributed by atoms with Crippen molar-refractivity contribution >= 4 is 25.0 Å². The summed E-state index contributed by atoms with van der Waals surface area (Å²) in [5.41, 5.74) is -2.10. The molecule has 1 fully saturated rings. The standard InChI is InChI=1S/C30H54N6O5Si3/c1-27(2,3)42(11,12)38-19-30(31-10)24(41-44(15,16)29(7,8)9)23(40-43(13,14)28(4,5)6)25(39-30)35-18-17-22(34-26(35)37)36-21-32-20-33-36/h17-18,20-21,23-25H,19H2,1-9,11-16H3/t23-,24-,25-,30-/m1/s1. The SMILES string of the molecule is [C-]#[N+][C@]1(CO[Si](C)(C)C(C)(C)C)O[C@@H](n2ccc(-n3cncn3)nc2=O)[C@H](O[Si](C)(C)C(C)(C)C)[C@H]1O[Si](C)(C)C(C)(C)C. The van der Waals surface area contributed by atoms with Gasteiger partial charge in [-0.3, -0.25) is 14.1 Å². The van der Waals surface area contributed by atoms with Crippen LogP contribution in [-0.2, 0) is 18.0 Å². The van der Waals surface area contributed by atoms with Crippen molar-refractivity contribution in [1.82, 2.24) is 24.3 Å². The number of rotatable bonds is 9. The maximum atomic E-state index is 13.7. The van der Waals surface area contributed by atoms with E-state index in [9.17, 15) is 4.79 Å². The smallest absolute Gasteiger partial charge is 0.388 e. The van der Waals surface area contributed by atoms with Crippen LogP contribution in [0.5, 0.6) is 0 Å². The number of nitrogens with zero attached hydrogens (tertiary/aromatic N) is 6. The highest BCUT2D eigenvalue weighted by Crippen LogP contribution is 2.50. The molecular weight excluding hydrogens is 609 g/mol. The minimum absolute atomic E-state index is 0.000632. The van der Waals surface area contributed by atoms with Gasteiger partial charge in [-0.25, -0.2) is 21.0 Å². The Hall–Kier alpha value is -2.00. The summed E-state index contributed by atoms with van der Waals surface area (Å²) in [7, 11) is -7.28. The monoisotopic (exact) mass is 662 g/mol. The summed E-state index contributed by atoms with van der Waals surface area (Å²) in [6.07, 6.45) is 1.93. The van der Waals surface area contributed by atoms with Crippen molar-refractivity contribution in [2.45, 2.75) is 141 Å². The van der Waals surface area contributed by atoms with Gasteiger partial charge in [0, 0.05) is 6.20 Å². The van der Waals surface area contributed by atoms with Crippen molar-refractivity contribution in [1.29, 1.82) is 0 Å². The molecule has 11 nitrogen and oxygen atoms in total. The van der Waals surface area contributed by atoms with Crippen LogP contribution in [0, 0.1) is 6.57 Å². The van der Waals surface area contributed by atoms with Crippen LogP contribution in [0.1, 0.15) is 68.5 Å². The molecule has 3 rings (SSSR count). The molecule has 1 saturated heterocycles. The van der Waals surface area contributed by atoms with Gasteiger partial charge in [0.2, 0.25) is 0 Å². The molecule has 0 N–H and O–H groups in total. The number of aromatic nitrogens is 5. The maximum Gasteiger partial charge on any atom is 0.388 e. The first-order valence-corrected chi connectivity index (χ1v) is 24.0. The van der Waals surface area contributed by atoms with Gasteiger partial charge in [-0.15, -0.1) is 0 Å². The summed E-state index contributed by atoms with van der Waals surface area (Å²) in [6, 6.07) is 1.68. The molecule has 3 heterocycles. The minimum Gasteiger partial charge on any atom is -0.406 e. The number of hydrogen-bond acceptors (Lipinski definition) is 8. The summed E-state index contributed by atoms with van der Waals surface area (Å²) in [5, 5.41) is 3.71. The van der Waals surface area contributed by atoms with E-state index < -0.39 is 54.8 Å². The lowest BCUT2D eigenvalue weighted by molar-refractivity contribution is -0.0964. The quantitative estimate of drug-likeness (QED) is 0.214. The Morgan fingerprint density at radius 2 is 1.48 bits per heavy atom. The summed E-state index contributed by atoms with van der Waals surface area (Å²) < 4.78 is 30.6. The molecule has 0 amide bonds. The Morgan fingerprint density at radius 1 is 0.932 bits per heavy atom. The van der Waals surface area contributed by atoms with E-state index in [4.69, 9.17) is 24.6 Å². The molecule has 0 saturated carbocycles. The first-order valence-electron chi connectivity index (χ1n) is 15.3. The fraction of sp³-hybridized carbons (Fsp3) is 0.767. The molecule has 246 valence electrons. The summed E-state index contributed by atoms with van der Waals surface area (Å²) in [5.74, 6) is 0.329. The predicted octanol–water partition coefficient (Wildman–Crippen LogP) is 6.77. The summed E-state index contributed by atoms with van der Waals surface area (Å²) >= 11 is 0. The second-order valence-electron chi connectivity index (χ2n) is 16.5. The first-order chi connectivity index (χ1) is 19.8. The van der Waals surface area contributed by atoms with Gasteiger partial charge in [-0.05, 0) is 60.5 Å². The Balaban J connectivity index is 2.25. The van der Waals surface area contributed by atoms with Gasteiger partial charge in [0.25, 0.3) is 0 Å². The van der Waals surface area contributed by atoms with E-state index >= 15 is 0 Å². The van der Waals surface area contributed by atoms with Crippen LogP contribution >= 0.6 is 0 Å². The molecule has 44 heavy (non-hydrogen) atoms. The van der Waals surface area contributed by atoms with Gasteiger partial charge >= 0.3 is 11.4 Å². The lowest BCUT2D eigenvalue weighted by Gasteiger charge is -2.44. The lowest BCUT2D eigenvalue weighted by Crippen LogP contribution is -2.58. The third-order valence-electron chi connectivity index (χ3n) is 10.2. The second kappa shape index (κ2) is 12.0. The van der Waals surface area contributed by atoms with Crippen molar-refractivity contribution in [3.8, 4) is 5.82 Å². The highest BCUT2D eigenvalue weighted by molar-refractivity contribution is 6.75. The molecule has 0 unspecified atom stereocenters. The molecule has 1 aliphatic rings. The predicted molar refractivity (Wildman–Crippen MR) is 180 cm³/mol. The van der Waals surface area contributed by atoms with Crippen molar-refractivity contribution in [2.75, 3.05) is 6.61 Å². The van der Waals surface area contributed by atoms with E-state index in [1.54, 1.807) is 12.3 Å². The van der Waals surface area contributed by atoms with Gasteiger partial charge in [0.1, 0.15) is 25.4 Å². The largest absolute Gasteiger partial charge is 0.406 e. The first kappa shape index (κ1) is 36.5. The van der Waals surface area contributed by atoms with Gasteiger partial charge in [0.15, 0.2) is 43.1 Å². The Labute approximate surface area is 266 Å². The topological polar surface area (TPSA) is 107 Å². The van der Waals surface area contributed by atoms with Crippen molar-refractivity contribution in [3.05, 3.63) is 46.8 Å². The molecule has 0 bridgehead atoms. The molecule has 1 aliphatic heterocycles. The molecule has 0 aliphatic carbocycles. The minimum atomic E-state index is -2.49. The summed E-state index contributed by atoms with van der Waals surface area (Å²) in [4.78, 5) is 26.1. The zero-order chi connectivity index (χ0) is 33.7. The van der Waals surface area contributed by atoms with Crippen LogP contribution in [0.4, 0.5) is 0 Å². The highest BCUT2D eigenvalue weighted by Gasteiger charge is 2.67. The van der Waals surface area contributed by atoms with Gasteiger partial charge in [-0.2, -0.15) is 10.1 Å². The third kappa shape index (κ3) is 7.19. The zero-order valence-electron chi connectivity index (χ0n) is 29.5. The average molecular weight is 663 g/mol. The fourth-order valence-corrected chi connectivity index (χ4v) is 7.63. The van der Waals surface area contributed by atoms with Crippen molar-refractivity contribution in [2.24, 2.45) is 0 Å². The van der Waals surface area contributed by atoms with E-state index in [1.807, 2.05) is 0 Å². The van der Waals surface area contributed by atoms with E-state index in [2.05, 4.69) is 122 Å². The molecule has 2 aromatic rings. The number of ether oxygens (including phenoxy) is 1. The Bertz CT molecular complexity index is 1400. The molecule has 14 heteroatoms. The second-order valence-corrected chi connectivity index (χ2v) is 30.8. The van der Waals surface area contributed by atoms with Crippen LogP contribution in [-0.4, -0.2) is 73.8 Å².